The summed E-state index contributed by atoms with van der Waals surface area (Å²) in [5.41, 5.74) is 1.50. The van der Waals surface area contributed by atoms with Crippen LogP contribution in [0.4, 0.5) is 5.95 Å². The van der Waals surface area contributed by atoms with E-state index in [1.165, 1.54) is 0 Å². The first-order valence-electron chi connectivity index (χ1n) is 8.02. The van der Waals surface area contributed by atoms with Gasteiger partial charge in [-0.05, 0) is 40.3 Å². The van der Waals surface area contributed by atoms with Gasteiger partial charge in [0.2, 0.25) is 5.95 Å². The number of H-pyrrole nitrogens is 1. The summed E-state index contributed by atoms with van der Waals surface area (Å²) in [7, 11) is 0. The average Bonchev–Trinajstić information content (AvgIpc) is 2.96. The van der Waals surface area contributed by atoms with Crippen LogP contribution in [0, 0.1) is 3.70 Å². The fourth-order valence-corrected chi connectivity index (χ4v) is 3.41. The number of hydrogen-bond donors (Lipinski definition) is 3. The molecule has 8 nitrogen and oxygen atoms in total. The first-order valence-corrected chi connectivity index (χ1v) is 9.86. The van der Waals surface area contributed by atoms with Gasteiger partial charge in [-0.3, -0.25) is 14.5 Å². The third-order valence-corrected chi connectivity index (χ3v) is 5.15. The predicted molar refractivity (Wildman–Crippen MR) is 113 cm³/mol. The van der Waals surface area contributed by atoms with Crippen molar-refractivity contribution in [2.45, 2.75) is 13.1 Å². The molecule has 1 aromatic carbocycles. The normalized spacial score (nSPS) is 11.3. The molecule has 0 atom stereocenters. The summed E-state index contributed by atoms with van der Waals surface area (Å²) in [5.74, 6) is 0.340. The summed E-state index contributed by atoms with van der Waals surface area (Å²) in [6.45, 7) is 1.34. The van der Waals surface area contributed by atoms with Crippen molar-refractivity contribution in [1.82, 2.24) is 19.7 Å². The second-order valence-corrected chi connectivity index (χ2v) is 7.40. The maximum absolute atomic E-state index is 12.5. The Kier molecular flexibility index (Phi) is 6.93. The zero-order chi connectivity index (χ0) is 19.4. The minimum atomic E-state index is -0.297. The minimum absolute atomic E-state index is 0.0482. The molecule has 0 saturated heterocycles. The maximum atomic E-state index is 12.5. The van der Waals surface area contributed by atoms with E-state index in [9.17, 15) is 4.79 Å². The minimum Gasteiger partial charge on any atom is -0.394 e. The highest BCUT2D eigenvalue weighted by Crippen LogP contribution is 2.23. The van der Waals surface area contributed by atoms with Gasteiger partial charge in [0.25, 0.3) is 5.56 Å². The number of anilines is 1. The zero-order valence-corrected chi connectivity index (χ0v) is 17.7. The van der Waals surface area contributed by atoms with Crippen molar-refractivity contribution in [2.24, 2.45) is 0 Å². The molecule has 0 fully saturated rings. The number of aromatic nitrogens is 4. The highest BCUT2D eigenvalue weighted by atomic mass is 127. The summed E-state index contributed by atoms with van der Waals surface area (Å²) in [4.78, 5) is 19.7. The predicted octanol–water partition coefficient (Wildman–Crippen LogP) is 2.65. The van der Waals surface area contributed by atoms with Gasteiger partial charge in [0.15, 0.2) is 5.52 Å². The number of nitrogens with one attached hydrogen (secondary N) is 2. The van der Waals surface area contributed by atoms with Crippen molar-refractivity contribution < 1.29 is 9.84 Å². The number of aliphatic hydroxyl groups excluding tert-OH is 1. The molecule has 0 saturated carbocycles. The summed E-state index contributed by atoms with van der Waals surface area (Å²) in [6.07, 6.45) is 0. The van der Waals surface area contributed by atoms with Gasteiger partial charge in [0.05, 0.1) is 36.4 Å². The molecule has 2 aromatic heterocycles. The molecule has 0 bridgehead atoms. The van der Waals surface area contributed by atoms with E-state index in [-0.39, 0.29) is 18.8 Å². The van der Waals surface area contributed by atoms with Crippen LogP contribution in [-0.4, -0.2) is 44.7 Å². The fourth-order valence-electron chi connectivity index (χ4n) is 2.45. The van der Waals surface area contributed by atoms with E-state index in [1.54, 1.807) is 16.8 Å². The van der Waals surface area contributed by atoms with Crippen LogP contribution < -0.4 is 10.9 Å². The van der Waals surface area contributed by atoms with Crippen molar-refractivity contribution in [1.29, 1.82) is 0 Å². The number of ether oxygens (including phenoxy) is 1. The smallest absolute Gasteiger partial charge is 0.278 e. The van der Waals surface area contributed by atoms with E-state index in [0.717, 1.165) is 5.56 Å². The molecule has 144 valence electrons. The van der Waals surface area contributed by atoms with Crippen LogP contribution in [0.1, 0.15) is 5.56 Å². The average molecular weight is 524 g/mol. The quantitative estimate of drug-likeness (QED) is 0.310. The first kappa shape index (κ1) is 20.3. The maximum Gasteiger partial charge on any atom is 0.278 e. The summed E-state index contributed by atoms with van der Waals surface area (Å²) < 4.78 is 7.41. The van der Waals surface area contributed by atoms with Gasteiger partial charge in [0.1, 0.15) is 9.22 Å². The van der Waals surface area contributed by atoms with E-state index in [2.05, 4.69) is 20.4 Å². The Morgan fingerprint density at radius 2 is 2.11 bits per heavy atom. The zero-order valence-electron chi connectivity index (χ0n) is 14.0. The van der Waals surface area contributed by atoms with Gasteiger partial charge in [-0.2, -0.15) is 5.10 Å². The number of halogens is 3. The highest BCUT2D eigenvalue weighted by Gasteiger charge is 2.15. The Balaban J connectivity index is 1.78. The molecule has 0 unspecified atom stereocenters. The lowest BCUT2D eigenvalue weighted by atomic mass is 10.2. The Labute approximate surface area is 178 Å². The summed E-state index contributed by atoms with van der Waals surface area (Å²) in [6, 6.07) is 5.31. The summed E-state index contributed by atoms with van der Waals surface area (Å²) in [5, 5.41) is 17.1. The standard InChI is InChI=1S/C16H16Cl2IN5O3/c17-10-2-1-9(7-11(10)18)8-20-16-21-12-13(15(26)22-16)24(23-14(12)19)3-5-27-6-4-25/h1-2,7,25H,3-6,8H2,(H2,20,21,22,26). The molecule has 0 amide bonds. The lowest BCUT2D eigenvalue weighted by Crippen LogP contribution is -2.17. The number of benzene rings is 1. The van der Waals surface area contributed by atoms with Gasteiger partial charge >= 0.3 is 0 Å². The third kappa shape index (κ3) is 4.91. The molecule has 3 aromatic rings. The molecule has 0 aliphatic rings. The topological polar surface area (TPSA) is 105 Å². The molecule has 3 N–H and O–H groups in total. The summed E-state index contributed by atoms with van der Waals surface area (Å²) >= 11 is 14.0. The molecule has 11 heteroatoms. The molecule has 2 heterocycles. The third-order valence-electron chi connectivity index (χ3n) is 3.68. The number of aliphatic hydroxyl groups is 1. The fraction of sp³-hybridized carbons (Fsp3) is 0.312. The van der Waals surface area contributed by atoms with Crippen LogP contribution in [0.15, 0.2) is 23.0 Å². The molecule has 3 rings (SSSR count). The van der Waals surface area contributed by atoms with Crippen molar-refractivity contribution >= 4 is 62.8 Å². The van der Waals surface area contributed by atoms with E-state index in [4.69, 9.17) is 33.0 Å². The van der Waals surface area contributed by atoms with Crippen molar-refractivity contribution in [2.75, 3.05) is 25.1 Å². The first-order chi connectivity index (χ1) is 13.0. The Morgan fingerprint density at radius 1 is 1.30 bits per heavy atom. The van der Waals surface area contributed by atoms with E-state index in [1.807, 2.05) is 28.7 Å². The van der Waals surface area contributed by atoms with Crippen molar-refractivity contribution in [3.8, 4) is 0 Å². The van der Waals surface area contributed by atoms with Gasteiger partial charge in [0, 0.05) is 6.54 Å². The lowest BCUT2D eigenvalue weighted by molar-refractivity contribution is 0.0859. The highest BCUT2D eigenvalue weighted by molar-refractivity contribution is 14.1. The van der Waals surface area contributed by atoms with E-state index >= 15 is 0 Å². The van der Waals surface area contributed by atoms with E-state index in [0.29, 0.717) is 50.4 Å². The monoisotopic (exact) mass is 523 g/mol. The SMILES string of the molecule is O=c1[nH]c(NCc2ccc(Cl)c(Cl)c2)nc2c(I)nn(CCOCCO)c12. The lowest BCUT2D eigenvalue weighted by Gasteiger charge is -2.07. The van der Waals surface area contributed by atoms with Gasteiger partial charge < -0.3 is 15.2 Å². The van der Waals surface area contributed by atoms with Gasteiger partial charge in [-0.25, -0.2) is 4.98 Å². The Bertz CT molecular complexity index is 1010. The van der Waals surface area contributed by atoms with Crippen LogP contribution in [0.5, 0.6) is 0 Å². The number of aromatic amines is 1. The molecule has 0 aliphatic carbocycles. The molecule has 0 aliphatic heterocycles. The van der Waals surface area contributed by atoms with Crippen molar-refractivity contribution in [3.63, 3.8) is 0 Å². The van der Waals surface area contributed by atoms with E-state index < -0.39 is 0 Å². The Morgan fingerprint density at radius 3 is 2.85 bits per heavy atom. The largest absolute Gasteiger partial charge is 0.394 e. The van der Waals surface area contributed by atoms with Crippen LogP contribution in [-0.2, 0) is 17.8 Å². The Hall–Kier alpha value is -1.40. The number of fused-ring (bicyclic) bond motifs is 1. The second-order valence-electron chi connectivity index (χ2n) is 5.56. The van der Waals surface area contributed by atoms with Gasteiger partial charge in [-0.1, -0.05) is 29.3 Å². The van der Waals surface area contributed by atoms with Gasteiger partial charge in [-0.15, -0.1) is 0 Å². The number of hydrogen-bond acceptors (Lipinski definition) is 6. The molecule has 0 spiro atoms. The van der Waals surface area contributed by atoms with Crippen LogP contribution in [0.2, 0.25) is 10.0 Å². The molecule has 27 heavy (non-hydrogen) atoms. The number of rotatable bonds is 8. The molecular formula is C16H16Cl2IN5O3. The van der Waals surface area contributed by atoms with Crippen LogP contribution in [0.3, 0.4) is 0 Å². The molecule has 0 radical (unpaired) electrons. The van der Waals surface area contributed by atoms with Crippen LogP contribution in [0.25, 0.3) is 11.0 Å². The van der Waals surface area contributed by atoms with Crippen molar-refractivity contribution in [3.05, 3.63) is 47.9 Å². The molecular weight excluding hydrogens is 508 g/mol. The van der Waals surface area contributed by atoms with Crippen LogP contribution >= 0.6 is 45.8 Å². The number of nitrogens with zero attached hydrogens (tertiary/aromatic N) is 3. The second kappa shape index (κ2) is 9.20.